The molecule has 102 valence electrons. The highest BCUT2D eigenvalue weighted by Gasteiger charge is 2.09. The standard InChI is InChI=1S/C14H21BrFNO/c1-10(5-6-18)9-17-11(2)7-12-3-4-13(15)8-14(12)16/h3-4,8,10-11,17-18H,5-7,9H2,1-2H3. The van der Waals surface area contributed by atoms with E-state index in [1.54, 1.807) is 0 Å². The first kappa shape index (κ1) is 15.6. The smallest absolute Gasteiger partial charge is 0.127 e. The van der Waals surface area contributed by atoms with Crippen molar-refractivity contribution in [1.29, 1.82) is 0 Å². The number of hydrogen-bond donors (Lipinski definition) is 2. The Morgan fingerprint density at radius 1 is 1.39 bits per heavy atom. The molecule has 18 heavy (non-hydrogen) atoms. The van der Waals surface area contributed by atoms with Gasteiger partial charge < -0.3 is 10.4 Å². The molecule has 2 nitrogen and oxygen atoms in total. The molecule has 0 spiro atoms. The van der Waals surface area contributed by atoms with E-state index in [0.29, 0.717) is 12.3 Å². The zero-order valence-electron chi connectivity index (χ0n) is 10.9. The van der Waals surface area contributed by atoms with Crippen LogP contribution in [-0.2, 0) is 6.42 Å². The van der Waals surface area contributed by atoms with Gasteiger partial charge in [-0.25, -0.2) is 4.39 Å². The van der Waals surface area contributed by atoms with Crippen molar-refractivity contribution in [2.45, 2.75) is 32.7 Å². The van der Waals surface area contributed by atoms with E-state index in [0.717, 1.165) is 23.0 Å². The topological polar surface area (TPSA) is 32.3 Å². The average Bonchev–Trinajstić information content (AvgIpc) is 2.31. The summed E-state index contributed by atoms with van der Waals surface area (Å²) in [4.78, 5) is 0. The summed E-state index contributed by atoms with van der Waals surface area (Å²) in [6, 6.07) is 5.40. The monoisotopic (exact) mass is 317 g/mol. The van der Waals surface area contributed by atoms with Crippen molar-refractivity contribution in [1.82, 2.24) is 5.32 Å². The Morgan fingerprint density at radius 3 is 2.72 bits per heavy atom. The van der Waals surface area contributed by atoms with Gasteiger partial charge in [0.2, 0.25) is 0 Å². The second-order valence-electron chi connectivity index (χ2n) is 4.87. The molecule has 0 aliphatic rings. The lowest BCUT2D eigenvalue weighted by Crippen LogP contribution is -2.32. The maximum Gasteiger partial charge on any atom is 0.127 e. The van der Waals surface area contributed by atoms with Crippen LogP contribution in [0.3, 0.4) is 0 Å². The SMILES string of the molecule is CC(CCO)CNC(C)Cc1ccc(Br)cc1F. The molecule has 0 heterocycles. The number of aliphatic hydroxyl groups excluding tert-OH is 1. The summed E-state index contributed by atoms with van der Waals surface area (Å²) in [5, 5.41) is 12.2. The van der Waals surface area contributed by atoms with Crippen molar-refractivity contribution in [3.05, 3.63) is 34.1 Å². The number of aliphatic hydroxyl groups is 1. The molecule has 0 aromatic heterocycles. The molecule has 0 aliphatic carbocycles. The molecule has 0 saturated carbocycles. The molecule has 2 atom stereocenters. The van der Waals surface area contributed by atoms with Crippen LogP contribution in [0.4, 0.5) is 4.39 Å². The fourth-order valence-electron chi connectivity index (χ4n) is 1.81. The van der Waals surface area contributed by atoms with E-state index in [4.69, 9.17) is 5.11 Å². The minimum absolute atomic E-state index is 0.165. The molecule has 0 bridgehead atoms. The summed E-state index contributed by atoms with van der Waals surface area (Å²) < 4.78 is 14.4. The fraction of sp³-hybridized carbons (Fsp3) is 0.571. The molecule has 1 aromatic carbocycles. The highest BCUT2D eigenvalue weighted by atomic mass is 79.9. The maximum absolute atomic E-state index is 13.6. The number of hydrogen-bond acceptors (Lipinski definition) is 2. The molecule has 0 saturated heterocycles. The van der Waals surface area contributed by atoms with Gasteiger partial charge in [-0.3, -0.25) is 0 Å². The first-order valence-electron chi connectivity index (χ1n) is 6.31. The van der Waals surface area contributed by atoms with E-state index in [9.17, 15) is 4.39 Å². The van der Waals surface area contributed by atoms with Gasteiger partial charge in [0.15, 0.2) is 0 Å². The summed E-state index contributed by atoms with van der Waals surface area (Å²) in [6.07, 6.45) is 1.47. The largest absolute Gasteiger partial charge is 0.396 e. The van der Waals surface area contributed by atoms with Crippen molar-refractivity contribution in [2.24, 2.45) is 5.92 Å². The summed E-state index contributed by atoms with van der Waals surface area (Å²) in [5.74, 6) is 0.272. The van der Waals surface area contributed by atoms with Gasteiger partial charge in [-0.05, 0) is 49.9 Å². The summed E-state index contributed by atoms with van der Waals surface area (Å²) in [5.41, 5.74) is 0.730. The molecule has 2 N–H and O–H groups in total. The van der Waals surface area contributed by atoms with E-state index in [1.165, 1.54) is 6.07 Å². The Morgan fingerprint density at radius 2 is 2.11 bits per heavy atom. The number of rotatable bonds is 7. The lowest BCUT2D eigenvalue weighted by atomic mass is 10.0. The van der Waals surface area contributed by atoms with Gasteiger partial charge in [-0.15, -0.1) is 0 Å². The van der Waals surface area contributed by atoms with Gasteiger partial charge in [0.05, 0.1) is 0 Å². The van der Waals surface area contributed by atoms with Gasteiger partial charge in [-0.1, -0.05) is 28.9 Å². The van der Waals surface area contributed by atoms with Gasteiger partial charge in [0.25, 0.3) is 0 Å². The predicted octanol–water partition coefficient (Wildman–Crippen LogP) is 3.13. The minimum Gasteiger partial charge on any atom is -0.396 e. The van der Waals surface area contributed by atoms with Crippen LogP contribution in [0.5, 0.6) is 0 Å². The summed E-state index contributed by atoms with van der Waals surface area (Å²) in [6.45, 7) is 5.21. The molecule has 4 heteroatoms. The minimum atomic E-state index is -0.165. The van der Waals surface area contributed by atoms with Crippen LogP contribution < -0.4 is 5.32 Å². The van der Waals surface area contributed by atoms with E-state index < -0.39 is 0 Å². The van der Waals surface area contributed by atoms with Crippen LogP contribution in [0.2, 0.25) is 0 Å². The summed E-state index contributed by atoms with van der Waals surface area (Å²) >= 11 is 3.25. The molecule has 0 amide bonds. The van der Waals surface area contributed by atoms with Crippen LogP contribution in [0.1, 0.15) is 25.8 Å². The lowest BCUT2D eigenvalue weighted by molar-refractivity contribution is 0.258. The quantitative estimate of drug-likeness (QED) is 0.809. The zero-order chi connectivity index (χ0) is 13.5. The third-order valence-corrected chi connectivity index (χ3v) is 3.47. The van der Waals surface area contributed by atoms with Gasteiger partial charge >= 0.3 is 0 Å². The van der Waals surface area contributed by atoms with Gasteiger partial charge in [0.1, 0.15) is 5.82 Å². The predicted molar refractivity (Wildman–Crippen MR) is 76.1 cm³/mol. The maximum atomic E-state index is 13.6. The molecule has 1 rings (SSSR count). The Hall–Kier alpha value is -0.450. The zero-order valence-corrected chi connectivity index (χ0v) is 12.5. The highest BCUT2D eigenvalue weighted by Crippen LogP contribution is 2.16. The van der Waals surface area contributed by atoms with Crippen molar-refractivity contribution in [2.75, 3.05) is 13.2 Å². The van der Waals surface area contributed by atoms with E-state index in [2.05, 4.69) is 28.2 Å². The van der Waals surface area contributed by atoms with Crippen LogP contribution in [0.25, 0.3) is 0 Å². The molecule has 0 aliphatic heterocycles. The molecular formula is C14H21BrFNO. The highest BCUT2D eigenvalue weighted by molar-refractivity contribution is 9.10. The van der Waals surface area contributed by atoms with Crippen LogP contribution in [0.15, 0.2) is 22.7 Å². The molecule has 0 radical (unpaired) electrons. The van der Waals surface area contributed by atoms with Crippen molar-refractivity contribution in [3.63, 3.8) is 0 Å². The van der Waals surface area contributed by atoms with Crippen molar-refractivity contribution >= 4 is 15.9 Å². The van der Waals surface area contributed by atoms with Crippen LogP contribution in [0, 0.1) is 11.7 Å². The number of halogens is 2. The Bertz CT molecular complexity index is 373. The lowest BCUT2D eigenvalue weighted by Gasteiger charge is -2.17. The van der Waals surface area contributed by atoms with Crippen molar-refractivity contribution < 1.29 is 9.50 Å². The van der Waals surface area contributed by atoms with Gasteiger partial charge in [-0.2, -0.15) is 0 Å². The number of nitrogens with one attached hydrogen (secondary N) is 1. The second-order valence-corrected chi connectivity index (χ2v) is 5.78. The Labute approximate surface area is 117 Å². The Balaban J connectivity index is 2.42. The van der Waals surface area contributed by atoms with Crippen LogP contribution >= 0.6 is 15.9 Å². The third-order valence-electron chi connectivity index (χ3n) is 2.98. The molecule has 1 aromatic rings. The first-order chi connectivity index (χ1) is 8.52. The first-order valence-corrected chi connectivity index (χ1v) is 7.10. The van der Waals surface area contributed by atoms with E-state index in [-0.39, 0.29) is 18.5 Å². The molecule has 2 unspecified atom stereocenters. The van der Waals surface area contributed by atoms with Gasteiger partial charge in [0, 0.05) is 17.1 Å². The molecular weight excluding hydrogens is 297 g/mol. The van der Waals surface area contributed by atoms with E-state index >= 15 is 0 Å². The average molecular weight is 318 g/mol. The summed E-state index contributed by atoms with van der Waals surface area (Å²) in [7, 11) is 0. The van der Waals surface area contributed by atoms with Crippen LogP contribution in [-0.4, -0.2) is 24.3 Å². The third kappa shape index (κ3) is 5.46. The van der Waals surface area contributed by atoms with Crippen molar-refractivity contribution in [3.8, 4) is 0 Å². The second kappa shape index (κ2) is 7.87. The Kier molecular flexibility index (Phi) is 6.82. The normalized spacial score (nSPS) is 14.5. The fourth-order valence-corrected chi connectivity index (χ4v) is 2.15. The van der Waals surface area contributed by atoms with E-state index in [1.807, 2.05) is 19.1 Å². The molecule has 0 fully saturated rings. The number of benzene rings is 1.